The van der Waals surface area contributed by atoms with E-state index in [1.807, 2.05) is 56.4 Å². The van der Waals surface area contributed by atoms with Gasteiger partial charge in [0, 0.05) is 41.3 Å². The van der Waals surface area contributed by atoms with E-state index in [1.165, 1.54) is 11.8 Å². The maximum Gasteiger partial charge on any atom is 0.308 e. The lowest BCUT2D eigenvalue weighted by Crippen LogP contribution is -2.53. The molecule has 2 saturated heterocycles. The molecule has 2 fully saturated rings. The first-order chi connectivity index (χ1) is 19.7. The van der Waals surface area contributed by atoms with Crippen LogP contribution in [0, 0.1) is 25.7 Å². The fourth-order valence-corrected chi connectivity index (χ4v) is 6.92. The number of benzene rings is 3. The largest absolute Gasteiger partial charge is 0.427 e. The van der Waals surface area contributed by atoms with Crippen molar-refractivity contribution in [2.45, 2.75) is 38.8 Å². The van der Waals surface area contributed by atoms with Crippen LogP contribution < -0.4 is 20.3 Å². The summed E-state index contributed by atoms with van der Waals surface area (Å²) in [6.07, 6.45) is 2.37. The third-order valence-corrected chi connectivity index (χ3v) is 8.89. The molecule has 4 aromatic rings. The Balaban J connectivity index is 1.35. The van der Waals surface area contributed by atoms with Crippen molar-refractivity contribution < 1.29 is 23.9 Å². The van der Waals surface area contributed by atoms with Crippen LogP contribution in [0.1, 0.15) is 29.2 Å². The van der Waals surface area contributed by atoms with Gasteiger partial charge in [-0.05, 0) is 67.3 Å². The number of H-pyrrole nitrogens is 1. The molecule has 1 spiro atoms. The van der Waals surface area contributed by atoms with Crippen molar-refractivity contribution in [3.63, 3.8) is 0 Å². The molecule has 0 bridgehead atoms. The van der Waals surface area contributed by atoms with Gasteiger partial charge in [-0.3, -0.25) is 24.5 Å². The Kier molecular flexibility index (Phi) is 5.46. The summed E-state index contributed by atoms with van der Waals surface area (Å²) in [4.78, 5) is 58.3. The minimum atomic E-state index is -1.39. The maximum atomic E-state index is 14.3. The minimum absolute atomic E-state index is 0.311. The van der Waals surface area contributed by atoms with E-state index < -0.39 is 35.3 Å². The number of rotatable bonds is 4. The summed E-state index contributed by atoms with van der Waals surface area (Å²) in [5, 5.41) is 7.61. The number of aromatic amines is 1. The quantitative estimate of drug-likeness (QED) is 0.202. The lowest BCUT2D eigenvalue weighted by Gasteiger charge is -2.29. The summed E-state index contributed by atoms with van der Waals surface area (Å²) in [6, 6.07) is 17.5. The van der Waals surface area contributed by atoms with Crippen molar-refractivity contribution in [1.82, 2.24) is 10.3 Å². The van der Waals surface area contributed by atoms with Crippen LogP contribution in [0.15, 0.2) is 66.9 Å². The van der Waals surface area contributed by atoms with E-state index in [9.17, 15) is 19.2 Å². The van der Waals surface area contributed by atoms with Gasteiger partial charge in [0.25, 0.3) is 0 Å². The van der Waals surface area contributed by atoms with Gasteiger partial charge in [-0.25, -0.2) is 4.90 Å². The second-order valence-corrected chi connectivity index (χ2v) is 11.1. The number of hydrogen-bond acceptors (Lipinski definition) is 6. The number of aryl methyl sites for hydroxylation is 1. The van der Waals surface area contributed by atoms with Crippen LogP contribution in [-0.2, 0) is 31.1 Å². The van der Waals surface area contributed by atoms with Crippen LogP contribution in [0.5, 0.6) is 5.75 Å². The van der Waals surface area contributed by atoms with Crippen LogP contribution in [-0.4, -0.2) is 34.7 Å². The van der Waals surface area contributed by atoms with E-state index in [-0.39, 0.29) is 11.8 Å². The van der Waals surface area contributed by atoms with E-state index in [1.54, 1.807) is 24.3 Å². The molecule has 206 valence electrons. The molecule has 3 aliphatic heterocycles. The number of imide groups is 1. The number of esters is 1. The molecule has 4 heterocycles. The Hall–Kier alpha value is -4.76. The van der Waals surface area contributed by atoms with Crippen LogP contribution in [0.2, 0.25) is 0 Å². The second-order valence-electron chi connectivity index (χ2n) is 11.1. The van der Waals surface area contributed by atoms with Gasteiger partial charge in [-0.2, -0.15) is 0 Å². The van der Waals surface area contributed by atoms with Gasteiger partial charge in [-0.15, -0.1) is 0 Å². The normalized spacial score (nSPS) is 24.7. The first-order valence-electron chi connectivity index (χ1n) is 13.6. The van der Waals surface area contributed by atoms with Crippen molar-refractivity contribution in [2.75, 3.05) is 10.2 Å². The van der Waals surface area contributed by atoms with Crippen molar-refractivity contribution in [3.05, 3.63) is 89.1 Å². The third kappa shape index (κ3) is 3.52. The lowest BCUT2D eigenvalue weighted by atomic mass is 9.75. The lowest BCUT2D eigenvalue weighted by molar-refractivity contribution is -0.132. The zero-order valence-corrected chi connectivity index (χ0v) is 22.8. The van der Waals surface area contributed by atoms with Gasteiger partial charge in [-0.1, -0.05) is 30.3 Å². The summed E-state index contributed by atoms with van der Waals surface area (Å²) >= 11 is 0. The molecule has 9 heteroatoms. The summed E-state index contributed by atoms with van der Waals surface area (Å²) in [5.74, 6) is -3.00. The van der Waals surface area contributed by atoms with Gasteiger partial charge in [0.2, 0.25) is 17.7 Å². The molecule has 7 rings (SSSR count). The first kappa shape index (κ1) is 25.2. The van der Waals surface area contributed by atoms with Crippen LogP contribution in [0.3, 0.4) is 0 Å². The predicted octanol–water partition coefficient (Wildman–Crippen LogP) is 3.88. The van der Waals surface area contributed by atoms with Crippen molar-refractivity contribution >= 4 is 46.0 Å². The highest BCUT2D eigenvalue weighted by Gasteiger charge is 2.70. The predicted molar refractivity (Wildman–Crippen MR) is 152 cm³/mol. The maximum absolute atomic E-state index is 14.3. The SMILES string of the molecule is CC(=O)Oc1ccc(N2C(=O)[C@@H]3[C@H](Cc4c[nH]c5ccccc45)N[C@]4(C(=O)Nc5c4ccc(C)c5C)[C@@H]3C2=O)cc1. The summed E-state index contributed by atoms with van der Waals surface area (Å²) in [5.41, 5.74) is 4.28. The van der Waals surface area contributed by atoms with E-state index in [2.05, 4.69) is 15.6 Å². The molecule has 0 unspecified atom stereocenters. The Bertz CT molecular complexity index is 1790. The zero-order chi connectivity index (χ0) is 28.6. The molecular formula is C32H28N4O5. The fourth-order valence-electron chi connectivity index (χ4n) is 6.92. The highest BCUT2D eigenvalue weighted by Crippen LogP contribution is 2.54. The van der Waals surface area contributed by atoms with Crippen LogP contribution >= 0.6 is 0 Å². The number of carbonyl (C=O) groups excluding carboxylic acids is 4. The number of anilines is 2. The Morgan fingerprint density at radius 1 is 0.976 bits per heavy atom. The molecule has 3 aliphatic rings. The molecule has 4 atom stereocenters. The van der Waals surface area contributed by atoms with Crippen molar-refractivity contribution in [1.29, 1.82) is 0 Å². The molecular weight excluding hydrogens is 520 g/mol. The molecule has 3 amide bonds. The molecule has 1 aromatic heterocycles. The highest BCUT2D eigenvalue weighted by molar-refractivity contribution is 6.26. The van der Waals surface area contributed by atoms with Gasteiger partial charge in [0.1, 0.15) is 11.3 Å². The monoisotopic (exact) mass is 548 g/mol. The number of para-hydroxylation sites is 1. The molecule has 41 heavy (non-hydrogen) atoms. The average molecular weight is 549 g/mol. The van der Waals surface area contributed by atoms with E-state index in [0.717, 1.165) is 27.6 Å². The second kappa shape index (κ2) is 8.87. The molecule has 3 aromatic carbocycles. The van der Waals surface area contributed by atoms with E-state index >= 15 is 0 Å². The number of fused-ring (bicyclic) bond motifs is 5. The number of ether oxygens (including phenoxy) is 1. The van der Waals surface area contributed by atoms with Crippen LogP contribution in [0.4, 0.5) is 11.4 Å². The van der Waals surface area contributed by atoms with Crippen molar-refractivity contribution in [2.24, 2.45) is 11.8 Å². The van der Waals surface area contributed by atoms with E-state index in [0.29, 0.717) is 29.1 Å². The molecule has 0 aliphatic carbocycles. The Labute approximate surface area is 235 Å². The van der Waals surface area contributed by atoms with Gasteiger partial charge in [0.05, 0.1) is 17.5 Å². The minimum Gasteiger partial charge on any atom is -0.427 e. The summed E-state index contributed by atoms with van der Waals surface area (Å²) in [6.45, 7) is 5.22. The standard InChI is InChI=1S/C32H28N4O5/c1-16-8-13-23-28(17(16)2)34-31(40)32(23)27-26(25(35-32)14-19-15-33-24-7-5-4-6-22(19)24)29(38)36(30(27)39)20-9-11-21(12-10-20)41-18(3)37/h4-13,15,25-27,33,35H,14H2,1-3H3,(H,34,40)/t25-,26+,27-,32-/m0/s1. The summed E-state index contributed by atoms with van der Waals surface area (Å²) in [7, 11) is 0. The number of amides is 3. The number of aromatic nitrogens is 1. The molecule has 9 nitrogen and oxygen atoms in total. The third-order valence-electron chi connectivity index (χ3n) is 8.89. The smallest absolute Gasteiger partial charge is 0.308 e. The number of nitrogens with zero attached hydrogens (tertiary/aromatic N) is 1. The Morgan fingerprint density at radius 3 is 2.49 bits per heavy atom. The molecule has 0 saturated carbocycles. The number of hydrogen-bond donors (Lipinski definition) is 3. The number of nitrogens with one attached hydrogen (secondary N) is 3. The Morgan fingerprint density at radius 2 is 1.73 bits per heavy atom. The van der Waals surface area contributed by atoms with Crippen LogP contribution in [0.25, 0.3) is 10.9 Å². The zero-order valence-electron chi connectivity index (χ0n) is 22.8. The van der Waals surface area contributed by atoms with Gasteiger partial charge in [0.15, 0.2) is 0 Å². The topological polar surface area (TPSA) is 121 Å². The van der Waals surface area contributed by atoms with E-state index in [4.69, 9.17) is 4.74 Å². The van der Waals surface area contributed by atoms with Gasteiger partial charge < -0.3 is 15.0 Å². The average Bonchev–Trinajstić information content (AvgIpc) is 3.66. The number of carbonyl (C=O) groups is 4. The molecule has 3 N–H and O–H groups in total. The highest BCUT2D eigenvalue weighted by atomic mass is 16.5. The summed E-state index contributed by atoms with van der Waals surface area (Å²) < 4.78 is 5.13. The first-order valence-corrected chi connectivity index (χ1v) is 13.6. The van der Waals surface area contributed by atoms with Gasteiger partial charge >= 0.3 is 5.97 Å². The van der Waals surface area contributed by atoms with Crippen molar-refractivity contribution in [3.8, 4) is 5.75 Å². The fraction of sp³-hybridized carbons (Fsp3) is 0.250. The molecule has 0 radical (unpaired) electrons.